The molecular formula is C15H21N3O2. The molecule has 0 aliphatic carbocycles. The van der Waals surface area contributed by atoms with E-state index in [1.165, 1.54) is 5.56 Å². The molecule has 1 aromatic rings. The molecule has 5 nitrogen and oxygen atoms in total. The first-order chi connectivity index (χ1) is 9.76. The van der Waals surface area contributed by atoms with Crippen LogP contribution in [0.15, 0.2) is 24.5 Å². The number of aromatic nitrogens is 1. The summed E-state index contributed by atoms with van der Waals surface area (Å²) in [5.41, 5.74) is 1.26. The normalized spacial score (nSPS) is 25.9. The number of hydrogen-bond acceptors (Lipinski definition) is 4. The Bertz CT molecular complexity index is 451. The SMILES string of the molecule is COCC(=O)N1C[C@H]2CN(Cc3cccnc3)C[C@H]2C1. The third-order valence-electron chi connectivity index (χ3n) is 4.31. The van der Waals surface area contributed by atoms with E-state index in [1.54, 1.807) is 7.11 Å². The van der Waals surface area contributed by atoms with Crippen molar-refractivity contribution in [2.45, 2.75) is 6.54 Å². The maximum atomic E-state index is 11.8. The van der Waals surface area contributed by atoms with Gasteiger partial charge in [-0.2, -0.15) is 0 Å². The van der Waals surface area contributed by atoms with Crippen LogP contribution in [0.5, 0.6) is 0 Å². The third kappa shape index (κ3) is 2.83. The van der Waals surface area contributed by atoms with Gasteiger partial charge in [-0.1, -0.05) is 6.07 Å². The predicted octanol–water partition coefficient (Wildman–Crippen LogP) is 0.618. The van der Waals surface area contributed by atoms with E-state index in [1.807, 2.05) is 23.4 Å². The molecule has 2 aliphatic rings. The molecule has 0 saturated carbocycles. The molecule has 0 spiro atoms. The van der Waals surface area contributed by atoms with Crippen molar-refractivity contribution < 1.29 is 9.53 Å². The van der Waals surface area contributed by atoms with E-state index in [4.69, 9.17) is 4.74 Å². The molecule has 1 aromatic heterocycles. The van der Waals surface area contributed by atoms with Crippen molar-refractivity contribution in [3.05, 3.63) is 30.1 Å². The van der Waals surface area contributed by atoms with Crippen molar-refractivity contribution in [1.82, 2.24) is 14.8 Å². The van der Waals surface area contributed by atoms with E-state index < -0.39 is 0 Å². The second-order valence-electron chi connectivity index (χ2n) is 5.81. The summed E-state index contributed by atoms with van der Waals surface area (Å²) >= 11 is 0. The smallest absolute Gasteiger partial charge is 0.248 e. The number of fused-ring (bicyclic) bond motifs is 1. The van der Waals surface area contributed by atoms with Crippen LogP contribution in [0.25, 0.3) is 0 Å². The van der Waals surface area contributed by atoms with Crippen LogP contribution in [-0.4, -0.2) is 60.6 Å². The molecule has 5 heteroatoms. The average molecular weight is 275 g/mol. The van der Waals surface area contributed by atoms with Gasteiger partial charge < -0.3 is 9.64 Å². The molecule has 0 unspecified atom stereocenters. The first kappa shape index (κ1) is 13.5. The maximum Gasteiger partial charge on any atom is 0.248 e. The molecule has 2 atom stereocenters. The number of carbonyl (C=O) groups is 1. The number of ether oxygens (including phenoxy) is 1. The molecule has 0 aromatic carbocycles. The molecule has 20 heavy (non-hydrogen) atoms. The fraction of sp³-hybridized carbons (Fsp3) is 0.600. The van der Waals surface area contributed by atoms with Gasteiger partial charge in [0.2, 0.25) is 5.91 Å². The minimum atomic E-state index is 0.126. The molecule has 3 rings (SSSR count). The fourth-order valence-electron chi connectivity index (χ4n) is 3.39. The van der Waals surface area contributed by atoms with Crippen LogP contribution in [0.2, 0.25) is 0 Å². The van der Waals surface area contributed by atoms with Crippen molar-refractivity contribution >= 4 is 5.91 Å². The lowest BCUT2D eigenvalue weighted by molar-refractivity contribution is -0.134. The third-order valence-corrected chi connectivity index (χ3v) is 4.31. The van der Waals surface area contributed by atoms with Crippen LogP contribution in [0.3, 0.4) is 0 Å². The zero-order valence-electron chi connectivity index (χ0n) is 11.9. The molecule has 1 amide bonds. The van der Waals surface area contributed by atoms with E-state index in [0.29, 0.717) is 11.8 Å². The van der Waals surface area contributed by atoms with Gasteiger partial charge in [0, 0.05) is 52.2 Å². The van der Waals surface area contributed by atoms with Crippen molar-refractivity contribution in [2.24, 2.45) is 11.8 Å². The van der Waals surface area contributed by atoms with Crippen molar-refractivity contribution in [3.8, 4) is 0 Å². The van der Waals surface area contributed by atoms with Gasteiger partial charge in [-0.25, -0.2) is 0 Å². The van der Waals surface area contributed by atoms with Crippen molar-refractivity contribution in [1.29, 1.82) is 0 Å². The number of amides is 1. The Morgan fingerprint density at radius 1 is 1.35 bits per heavy atom. The lowest BCUT2D eigenvalue weighted by atomic mass is 10.0. The van der Waals surface area contributed by atoms with Crippen molar-refractivity contribution in [2.75, 3.05) is 39.9 Å². The molecule has 3 heterocycles. The minimum absolute atomic E-state index is 0.126. The van der Waals surface area contributed by atoms with Crippen LogP contribution in [-0.2, 0) is 16.1 Å². The number of rotatable bonds is 4. The Labute approximate surface area is 119 Å². The highest BCUT2D eigenvalue weighted by Crippen LogP contribution is 2.31. The molecule has 0 radical (unpaired) electrons. The Morgan fingerprint density at radius 2 is 2.10 bits per heavy atom. The van der Waals surface area contributed by atoms with E-state index in [2.05, 4.69) is 16.0 Å². The van der Waals surface area contributed by atoms with Gasteiger partial charge in [0.15, 0.2) is 0 Å². The summed E-state index contributed by atoms with van der Waals surface area (Å²) in [7, 11) is 1.57. The van der Waals surface area contributed by atoms with Gasteiger partial charge in [0.25, 0.3) is 0 Å². The van der Waals surface area contributed by atoms with Gasteiger partial charge in [0.1, 0.15) is 6.61 Å². The first-order valence-corrected chi connectivity index (χ1v) is 7.14. The minimum Gasteiger partial charge on any atom is -0.375 e. The van der Waals surface area contributed by atoms with Crippen molar-refractivity contribution in [3.63, 3.8) is 0 Å². The summed E-state index contributed by atoms with van der Waals surface area (Å²) in [5.74, 6) is 1.36. The molecule has 0 N–H and O–H groups in total. The molecular weight excluding hydrogens is 254 g/mol. The second kappa shape index (κ2) is 5.89. The topological polar surface area (TPSA) is 45.7 Å². The highest BCUT2D eigenvalue weighted by molar-refractivity contribution is 5.77. The molecule has 2 aliphatic heterocycles. The Kier molecular flexibility index (Phi) is 3.98. The Morgan fingerprint density at radius 3 is 2.70 bits per heavy atom. The highest BCUT2D eigenvalue weighted by Gasteiger charge is 2.41. The molecule has 0 bridgehead atoms. The van der Waals surface area contributed by atoms with Gasteiger partial charge in [0.05, 0.1) is 0 Å². The van der Waals surface area contributed by atoms with E-state index >= 15 is 0 Å². The summed E-state index contributed by atoms with van der Waals surface area (Å²) in [6, 6.07) is 4.10. The Balaban J connectivity index is 1.52. The number of carbonyl (C=O) groups excluding carboxylic acids is 1. The van der Waals surface area contributed by atoms with Gasteiger partial charge in [-0.05, 0) is 23.5 Å². The zero-order valence-corrected chi connectivity index (χ0v) is 11.9. The molecule has 108 valence electrons. The summed E-state index contributed by atoms with van der Waals surface area (Å²) < 4.78 is 4.93. The van der Waals surface area contributed by atoms with Gasteiger partial charge in [-0.15, -0.1) is 0 Å². The lowest BCUT2D eigenvalue weighted by Gasteiger charge is -2.21. The quantitative estimate of drug-likeness (QED) is 0.808. The van der Waals surface area contributed by atoms with Gasteiger partial charge >= 0.3 is 0 Å². The monoisotopic (exact) mass is 275 g/mol. The summed E-state index contributed by atoms with van der Waals surface area (Å²) in [4.78, 5) is 20.4. The standard InChI is InChI=1S/C15H21N3O2/c1-20-11-15(19)18-9-13-7-17(8-14(13)10-18)6-12-3-2-4-16-5-12/h2-5,13-14H,6-11H2,1H3/t13-,14+. The Hall–Kier alpha value is -1.46. The van der Waals surface area contributed by atoms with Crippen LogP contribution in [0, 0.1) is 11.8 Å². The zero-order chi connectivity index (χ0) is 13.9. The van der Waals surface area contributed by atoms with E-state index in [-0.39, 0.29) is 12.5 Å². The van der Waals surface area contributed by atoms with Crippen LogP contribution < -0.4 is 0 Å². The maximum absolute atomic E-state index is 11.8. The first-order valence-electron chi connectivity index (χ1n) is 7.14. The summed E-state index contributed by atoms with van der Waals surface area (Å²) in [6.45, 7) is 5.10. The van der Waals surface area contributed by atoms with Crippen LogP contribution in [0.4, 0.5) is 0 Å². The average Bonchev–Trinajstić information content (AvgIpc) is 2.98. The van der Waals surface area contributed by atoms with Crippen LogP contribution >= 0.6 is 0 Å². The molecule has 2 fully saturated rings. The molecule has 2 saturated heterocycles. The van der Waals surface area contributed by atoms with Crippen LogP contribution in [0.1, 0.15) is 5.56 Å². The second-order valence-corrected chi connectivity index (χ2v) is 5.81. The number of likely N-dealkylation sites (tertiary alicyclic amines) is 2. The lowest BCUT2D eigenvalue weighted by Crippen LogP contribution is -2.35. The number of pyridine rings is 1. The summed E-state index contributed by atoms with van der Waals surface area (Å²) in [6.07, 6.45) is 3.74. The summed E-state index contributed by atoms with van der Waals surface area (Å²) in [5, 5.41) is 0. The highest BCUT2D eigenvalue weighted by atomic mass is 16.5. The van der Waals surface area contributed by atoms with E-state index in [9.17, 15) is 4.79 Å². The largest absolute Gasteiger partial charge is 0.375 e. The predicted molar refractivity (Wildman–Crippen MR) is 75.0 cm³/mol. The fourth-order valence-corrected chi connectivity index (χ4v) is 3.39. The van der Waals surface area contributed by atoms with Gasteiger partial charge in [-0.3, -0.25) is 14.7 Å². The number of hydrogen-bond donors (Lipinski definition) is 0. The van der Waals surface area contributed by atoms with E-state index in [0.717, 1.165) is 32.7 Å². The number of nitrogens with zero attached hydrogens (tertiary/aromatic N) is 3. The number of methoxy groups -OCH3 is 1.